The Kier molecular flexibility index (Phi) is 3.50. The standard InChI is InChI=1S/C14H12O3/c15-10-13-7-6-12(17-13)8-9-14(16)11-4-2-1-3-5-11/h1-7,10H,8-9H2. The Hall–Kier alpha value is -2.16. The lowest BCUT2D eigenvalue weighted by molar-refractivity contribution is 0.0981. The summed E-state index contributed by atoms with van der Waals surface area (Å²) in [5.41, 5.74) is 0.703. The molecule has 0 N–H and O–H groups in total. The summed E-state index contributed by atoms with van der Waals surface area (Å²) in [6, 6.07) is 12.5. The zero-order valence-corrected chi connectivity index (χ0v) is 9.26. The van der Waals surface area contributed by atoms with Crippen molar-refractivity contribution in [3.05, 3.63) is 59.5 Å². The van der Waals surface area contributed by atoms with Gasteiger partial charge in [0.05, 0.1) is 0 Å². The Morgan fingerprint density at radius 1 is 1.12 bits per heavy atom. The Balaban J connectivity index is 1.94. The molecule has 0 unspecified atom stereocenters. The lowest BCUT2D eigenvalue weighted by Gasteiger charge is -1.98. The van der Waals surface area contributed by atoms with E-state index in [2.05, 4.69) is 0 Å². The van der Waals surface area contributed by atoms with Crippen molar-refractivity contribution in [3.63, 3.8) is 0 Å². The molecule has 2 rings (SSSR count). The fraction of sp³-hybridized carbons (Fsp3) is 0.143. The van der Waals surface area contributed by atoms with Gasteiger partial charge in [0.2, 0.25) is 0 Å². The molecule has 0 aliphatic rings. The minimum absolute atomic E-state index is 0.0784. The van der Waals surface area contributed by atoms with Crippen molar-refractivity contribution in [2.75, 3.05) is 0 Å². The smallest absolute Gasteiger partial charge is 0.185 e. The molecule has 0 aliphatic heterocycles. The van der Waals surface area contributed by atoms with E-state index >= 15 is 0 Å². The lowest BCUT2D eigenvalue weighted by atomic mass is 10.1. The van der Waals surface area contributed by atoms with Gasteiger partial charge in [-0.05, 0) is 12.1 Å². The van der Waals surface area contributed by atoms with Gasteiger partial charge >= 0.3 is 0 Å². The first-order valence-electron chi connectivity index (χ1n) is 5.42. The average molecular weight is 228 g/mol. The summed E-state index contributed by atoms with van der Waals surface area (Å²) in [4.78, 5) is 22.2. The van der Waals surface area contributed by atoms with Crippen molar-refractivity contribution < 1.29 is 14.0 Å². The Morgan fingerprint density at radius 2 is 1.88 bits per heavy atom. The first-order valence-corrected chi connectivity index (χ1v) is 5.42. The molecule has 0 fully saturated rings. The molecular weight excluding hydrogens is 216 g/mol. The fourth-order valence-electron chi connectivity index (χ4n) is 1.60. The number of aldehydes is 1. The van der Waals surface area contributed by atoms with Crippen LogP contribution in [0.2, 0.25) is 0 Å². The van der Waals surface area contributed by atoms with E-state index in [4.69, 9.17) is 4.42 Å². The number of furan rings is 1. The Labute approximate surface area is 99.1 Å². The number of Topliss-reactive ketones (excluding diaryl/α,β-unsaturated/α-hetero) is 1. The number of hydrogen-bond donors (Lipinski definition) is 0. The zero-order chi connectivity index (χ0) is 12.1. The molecule has 17 heavy (non-hydrogen) atoms. The van der Waals surface area contributed by atoms with Crippen molar-refractivity contribution in [2.24, 2.45) is 0 Å². The summed E-state index contributed by atoms with van der Waals surface area (Å²) < 4.78 is 5.20. The van der Waals surface area contributed by atoms with Crippen LogP contribution in [0.1, 0.15) is 33.1 Å². The molecule has 1 heterocycles. The molecule has 0 saturated carbocycles. The first kappa shape index (κ1) is 11.3. The molecule has 1 aromatic heterocycles. The highest BCUT2D eigenvalue weighted by atomic mass is 16.3. The van der Waals surface area contributed by atoms with E-state index < -0.39 is 0 Å². The largest absolute Gasteiger partial charge is 0.458 e. The van der Waals surface area contributed by atoms with Gasteiger partial charge in [-0.1, -0.05) is 30.3 Å². The molecule has 0 aliphatic carbocycles. The topological polar surface area (TPSA) is 47.3 Å². The predicted molar refractivity (Wildman–Crippen MR) is 63.2 cm³/mol. The van der Waals surface area contributed by atoms with E-state index in [1.165, 1.54) is 0 Å². The second-order valence-electron chi connectivity index (χ2n) is 3.71. The highest BCUT2D eigenvalue weighted by Crippen LogP contribution is 2.11. The van der Waals surface area contributed by atoms with Crippen LogP contribution in [0.4, 0.5) is 0 Å². The molecule has 86 valence electrons. The third-order valence-corrected chi connectivity index (χ3v) is 2.49. The summed E-state index contributed by atoms with van der Waals surface area (Å²) in [7, 11) is 0. The second-order valence-corrected chi connectivity index (χ2v) is 3.71. The first-order chi connectivity index (χ1) is 8.29. The zero-order valence-electron chi connectivity index (χ0n) is 9.26. The molecule has 0 atom stereocenters. The molecule has 0 spiro atoms. The van der Waals surface area contributed by atoms with Crippen LogP contribution in [0.5, 0.6) is 0 Å². The van der Waals surface area contributed by atoms with E-state index in [0.717, 1.165) is 0 Å². The maximum Gasteiger partial charge on any atom is 0.185 e. The van der Waals surface area contributed by atoms with Gasteiger partial charge in [0.25, 0.3) is 0 Å². The van der Waals surface area contributed by atoms with Crippen LogP contribution in [-0.4, -0.2) is 12.1 Å². The summed E-state index contributed by atoms with van der Waals surface area (Å²) in [6.07, 6.45) is 1.56. The van der Waals surface area contributed by atoms with Crippen LogP contribution in [0.15, 0.2) is 46.9 Å². The van der Waals surface area contributed by atoms with Gasteiger partial charge < -0.3 is 4.42 Å². The Bertz CT molecular complexity index is 511. The molecular formula is C14H12O3. The van der Waals surface area contributed by atoms with Crippen LogP contribution < -0.4 is 0 Å². The molecule has 0 saturated heterocycles. The summed E-state index contributed by atoms with van der Waals surface area (Å²) in [6.45, 7) is 0. The highest BCUT2D eigenvalue weighted by Gasteiger charge is 2.07. The Morgan fingerprint density at radius 3 is 2.53 bits per heavy atom. The summed E-state index contributed by atoms with van der Waals surface area (Å²) >= 11 is 0. The summed E-state index contributed by atoms with van der Waals surface area (Å²) in [5.74, 6) is 1.04. The van der Waals surface area contributed by atoms with E-state index in [9.17, 15) is 9.59 Å². The van der Waals surface area contributed by atoms with E-state index in [-0.39, 0.29) is 5.78 Å². The number of aryl methyl sites for hydroxylation is 1. The van der Waals surface area contributed by atoms with Crippen LogP contribution in [0.25, 0.3) is 0 Å². The minimum atomic E-state index is 0.0784. The predicted octanol–water partition coefficient (Wildman–Crippen LogP) is 2.91. The molecule has 0 radical (unpaired) electrons. The van der Waals surface area contributed by atoms with Gasteiger partial charge in [-0.3, -0.25) is 9.59 Å². The third-order valence-electron chi connectivity index (χ3n) is 2.49. The van der Waals surface area contributed by atoms with Gasteiger partial charge in [-0.15, -0.1) is 0 Å². The van der Waals surface area contributed by atoms with Crippen molar-refractivity contribution in [1.82, 2.24) is 0 Å². The van der Waals surface area contributed by atoms with Crippen molar-refractivity contribution in [3.8, 4) is 0 Å². The van der Waals surface area contributed by atoms with Crippen LogP contribution in [-0.2, 0) is 6.42 Å². The van der Waals surface area contributed by atoms with Gasteiger partial charge in [-0.25, -0.2) is 0 Å². The number of hydrogen-bond acceptors (Lipinski definition) is 3. The monoisotopic (exact) mass is 228 g/mol. The normalized spacial score (nSPS) is 10.1. The molecule has 3 nitrogen and oxygen atoms in total. The van der Waals surface area contributed by atoms with Crippen LogP contribution in [0, 0.1) is 0 Å². The number of rotatable bonds is 5. The number of ketones is 1. The maximum absolute atomic E-state index is 11.8. The number of carbonyl (C=O) groups excluding carboxylic acids is 2. The highest BCUT2D eigenvalue weighted by molar-refractivity contribution is 5.96. The number of carbonyl (C=O) groups is 2. The van der Waals surface area contributed by atoms with Gasteiger partial charge in [-0.2, -0.15) is 0 Å². The van der Waals surface area contributed by atoms with Crippen LogP contribution in [0.3, 0.4) is 0 Å². The second kappa shape index (κ2) is 5.25. The fourth-order valence-corrected chi connectivity index (χ4v) is 1.60. The maximum atomic E-state index is 11.8. The third kappa shape index (κ3) is 2.91. The molecule has 2 aromatic rings. The van der Waals surface area contributed by atoms with E-state index in [0.29, 0.717) is 36.2 Å². The minimum Gasteiger partial charge on any atom is -0.458 e. The van der Waals surface area contributed by atoms with Crippen molar-refractivity contribution in [2.45, 2.75) is 12.8 Å². The lowest BCUT2D eigenvalue weighted by Crippen LogP contribution is -2.00. The van der Waals surface area contributed by atoms with E-state index in [1.54, 1.807) is 24.3 Å². The van der Waals surface area contributed by atoms with Gasteiger partial charge in [0.15, 0.2) is 17.8 Å². The quantitative estimate of drug-likeness (QED) is 0.584. The van der Waals surface area contributed by atoms with Crippen molar-refractivity contribution >= 4 is 12.1 Å². The molecule has 3 heteroatoms. The van der Waals surface area contributed by atoms with Gasteiger partial charge in [0.1, 0.15) is 5.76 Å². The average Bonchev–Trinajstić information content (AvgIpc) is 2.85. The molecule has 1 aromatic carbocycles. The summed E-state index contributed by atoms with van der Waals surface area (Å²) in [5, 5.41) is 0. The van der Waals surface area contributed by atoms with Crippen LogP contribution >= 0.6 is 0 Å². The molecule has 0 bridgehead atoms. The van der Waals surface area contributed by atoms with Gasteiger partial charge in [0, 0.05) is 18.4 Å². The molecule has 0 amide bonds. The van der Waals surface area contributed by atoms with Crippen molar-refractivity contribution in [1.29, 1.82) is 0 Å². The SMILES string of the molecule is O=Cc1ccc(CCC(=O)c2ccccc2)o1. The van der Waals surface area contributed by atoms with E-state index in [1.807, 2.05) is 18.2 Å². The number of benzene rings is 1.